The van der Waals surface area contributed by atoms with Gasteiger partial charge in [-0.05, 0) is 38.1 Å². The number of ether oxygens (including phenoxy) is 1. The van der Waals surface area contributed by atoms with Crippen molar-refractivity contribution in [2.24, 2.45) is 0 Å². The summed E-state index contributed by atoms with van der Waals surface area (Å²) in [5, 5.41) is 6.70. The summed E-state index contributed by atoms with van der Waals surface area (Å²) in [6.45, 7) is 3.67. The molecule has 0 atom stereocenters. The maximum Gasteiger partial charge on any atom is 0.188 e. The lowest BCUT2D eigenvalue weighted by Gasteiger charge is -2.03. The molecule has 1 heterocycles. The van der Waals surface area contributed by atoms with Crippen molar-refractivity contribution in [2.75, 3.05) is 0 Å². The molecule has 1 N–H and O–H groups in total. The molecule has 0 radical (unpaired) electrons. The van der Waals surface area contributed by atoms with E-state index in [1.807, 2.05) is 6.92 Å². The van der Waals surface area contributed by atoms with Crippen LogP contribution < -0.4 is 4.74 Å². The Labute approximate surface area is 98.8 Å². The number of rotatable bonds is 4. The van der Waals surface area contributed by atoms with Crippen molar-refractivity contribution in [3.63, 3.8) is 0 Å². The van der Waals surface area contributed by atoms with Crippen LogP contribution in [0, 0.1) is 6.92 Å². The van der Waals surface area contributed by atoms with Crippen molar-refractivity contribution in [3.8, 4) is 5.75 Å². The minimum absolute atomic E-state index is 0.0427. The van der Waals surface area contributed by atoms with Gasteiger partial charge in [0.25, 0.3) is 0 Å². The average molecular weight is 231 g/mol. The highest BCUT2D eigenvalue weighted by Crippen LogP contribution is 2.13. The number of aromatic nitrogens is 3. The van der Waals surface area contributed by atoms with Crippen molar-refractivity contribution in [2.45, 2.75) is 20.5 Å². The van der Waals surface area contributed by atoms with E-state index in [2.05, 4.69) is 15.2 Å². The summed E-state index contributed by atoms with van der Waals surface area (Å²) in [6, 6.07) is 6.99. The van der Waals surface area contributed by atoms with E-state index < -0.39 is 0 Å². The summed E-state index contributed by atoms with van der Waals surface area (Å²) in [4.78, 5) is 15.2. The van der Waals surface area contributed by atoms with Crippen molar-refractivity contribution in [1.82, 2.24) is 15.2 Å². The first-order valence-electron chi connectivity index (χ1n) is 5.27. The molecule has 1 aromatic heterocycles. The Bertz CT molecular complexity index is 517. The summed E-state index contributed by atoms with van der Waals surface area (Å²) in [6.07, 6.45) is 0. The normalized spacial score (nSPS) is 10.2. The molecule has 88 valence electrons. The molecule has 5 nitrogen and oxygen atoms in total. The first-order chi connectivity index (χ1) is 8.15. The zero-order chi connectivity index (χ0) is 12.3. The largest absolute Gasteiger partial charge is 0.486 e. The minimum atomic E-state index is 0.0427. The van der Waals surface area contributed by atoms with Gasteiger partial charge in [0.15, 0.2) is 11.6 Å². The standard InChI is InChI=1S/C12H13N3O2/c1-8(16)10-3-5-11(6-4-10)17-7-12-13-9(2)14-15-12/h3-6H,7H2,1-2H3,(H,13,14,15). The van der Waals surface area contributed by atoms with E-state index >= 15 is 0 Å². The Hall–Kier alpha value is -2.17. The van der Waals surface area contributed by atoms with Crippen LogP contribution in [0.3, 0.4) is 0 Å². The summed E-state index contributed by atoms with van der Waals surface area (Å²) < 4.78 is 5.48. The molecule has 17 heavy (non-hydrogen) atoms. The molecule has 0 amide bonds. The third kappa shape index (κ3) is 2.90. The number of hydrogen-bond acceptors (Lipinski definition) is 4. The number of carbonyl (C=O) groups excluding carboxylic acids is 1. The second-order valence-electron chi connectivity index (χ2n) is 3.71. The molecule has 2 rings (SSSR count). The molecule has 5 heteroatoms. The zero-order valence-electron chi connectivity index (χ0n) is 9.73. The van der Waals surface area contributed by atoms with Gasteiger partial charge in [-0.15, -0.1) is 0 Å². The maximum atomic E-state index is 11.1. The van der Waals surface area contributed by atoms with Crippen LogP contribution in [0.25, 0.3) is 0 Å². The van der Waals surface area contributed by atoms with Gasteiger partial charge < -0.3 is 4.74 Å². The van der Waals surface area contributed by atoms with Crippen LogP contribution in [-0.2, 0) is 6.61 Å². The quantitative estimate of drug-likeness (QED) is 0.816. The predicted octanol–water partition coefficient (Wildman–Crippen LogP) is 1.89. The summed E-state index contributed by atoms with van der Waals surface area (Å²) >= 11 is 0. The molecule has 0 unspecified atom stereocenters. The van der Waals surface area contributed by atoms with E-state index in [1.165, 1.54) is 6.92 Å². The van der Waals surface area contributed by atoms with Gasteiger partial charge in [0, 0.05) is 5.56 Å². The van der Waals surface area contributed by atoms with Crippen LogP contribution >= 0.6 is 0 Å². The van der Waals surface area contributed by atoms with E-state index in [0.717, 1.165) is 5.82 Å². The van der Waals surface area contributed by atoms with Crippen LogP contribution in [0.5, 0.6) is 5.75 Å². The van der Waals surface area contributed by atoms with Gasteiger partial charge in [-0.3, -0.25) is 9.89 Å². The minimum Gasteiger partial charge on any atom is -0.486 e. The number of H-pyrrole nitrogens is 1. The fraction of sp³-hybridized carbons (Fsp3) is 0.250. The molecule has 0 aliphatic carbocycles. The fourth-order valence-corrected chi connectivity index (χ4v) is 1.39. The van der Waals surface area contributed by atoms with Crippen molar-refractivity contribution in [3.05, 3.63) is 41.5 Å². The number of benzene rings is 1. The Morgan fingerprint density at radius 3 is 2.59 bits per heavy atom. The predicted molar refractivity (Wildman–Crippen MR) is 61.9 cm³/mol. The number of nitrogens with zero attached hydrogens (tertiary/aromatic N) is 2. The van der Waals surface area contributed by atoms with Gasteiger partial charge in [0.2, 0.25) is 0 Å². The number of carbonyl (C=O) groups is 1. The van der Waals surface area contributed by atoms with Gasteiger partial charge in [-0.2, -0.15) is 5.10 Å². The molecular weight excluding hydrogens is 218 g/mol. The van der Waals surface area contributed by atoms with Crippen LogP contribution in [0.1, 0.15) is 28.9 Å². The van der Waals surface area contributed by atoms with Gasteiger partial charge in [0.1, 0.15) is 18.2 Å². The molecule has 0 saturated carbocycles. The Kier molecular flexibility index (Phi) is 3.18. The summed E-state index contributed by atoms with van der Waals surface area (Å²) in [5.74, 6) is 2.10. The molecule has 0 aliphatic rings. The highest BCUT2D eigenvalue weighted by atomic mass is 16.5. The van der Waals surface area contributed by atoms with Crippen LogP contribution in [0.2, 0.25) is 0 Å². The maximum absolute atomic E-state index is 11.1. The van der Waals surface area contributed by atoms with Crippen LogP contribution in [0.4, 0.5) is 0 Å². The number of aromatic amines is 1. The fourth-order valence-electron chi connectivity index (χ4n) is 1.39. The van der Waals surface area contributed by atoms with E-state index in [0.29, 0.717) is 23.7 Å². The number of Topliss-reactive ketones (excluding diaryl/α,β-unsaturated/α-hetero) is 1. The van der Waals surface area contributed by atoms with Crippen molar-refractivity contribution in [1.29, 1.82) is 0 Å². The van der Waals surface area contributed by atoms with Crippen molar-refractivity contribution < 1.29 is 9.53 Å². The van der Waals surface area contributed by atoms with Crippen molar-refractivity contribution >= 4 is 5.78 Å². The zero-order valence-corrected chi connectivity index (χ0v) is 9.73. The van der Waals surface area contributed by atoms with Gasteiger partial charge in [-0.1, -0.05) is 0 Å². The number of aryl methyl sites for hydroxylation is 1. The topological polar surface area (TPSA) is 67.9 Å². The third-order valence-electron chi connectivity index (χ3n) is 2.27. The third-order valence-corrected chi connectivity index (χ3v) is 2.27. The highest BCUT2D eigenvalue weighted by Gasteiger charge is 2.02. The second-order valence-corrected chi connectivity index (χ2v) is 3.71. The first-order valence-corrected chi connectivity index (χ1v) is 5.27. The second kappa shape index (κ2) is 4.78. The monoisotopic (exact) mass is 231 g/mol. The number of hydrogen-bond donors (Lipinski definition) is 1. The molecule has 0 fully saturated rings. The van der Waals surface area contributed by atoms with Gasteiger partial charge in [-0.25, -0.2) is 4.98 Å². The highest BCUT2D eigenvalue weighted by molar-refractivity contribution is 5.94. The Morgan fingerprint density at radius 1 is 1.35 bits per heavy atom. The number of ketones is 1. The Morgan fingerprint density at radius 2 is 2.06 bits per heavy atom. The van der Waals surface area contributed by atoms with Crippen LogP contribution in [-0.4, -0.2) is 21.0 Å². The van der Waals surface area contributed by atoms with Gasteiger partial charge in [0.05, 0.1) is 0 Å². The van der Waals surface area contributed by atoms with E-state index in [9.17, 15) is 4.79 Å². The molecule has 2 aromatic rings. The lowest BCUT2D eigenvalue weighted by molar-refractivity contribution is 0.101. The van der Waals surface area contributed by atoms with E-state index in [4.69, 9.17) is 4.74 Å². The molecule has 0 bridgehead atoms. The lowest BCUT2D eigenvalue weighted by Crippen LogP contribution is -1.98. The smallest absolute Gasteiger partial charge is 0.188 e. The van der Waals surface area contributed by atoms with Gasteiger partial charge >= 0.3 is 0 Å². The van der Waals surface area contributed by atoms with E-state index in [-0.39, 0.29) is 5.78 Å². The first kappa shape index (κ1) is 11.3. The molecule has 1 aromatic carbocycles. The summed E-state index contributed by atoms with van der Waals surface area (Å²) in [5.41, 5.74) is 0.672. The molecule has 0 aliphatic heterocycles. The Balaban J connectivity index is 1.97. The summed E-state index contributed by atoms with van der Waals surface area (Å²) in [7, 11) is 0. The van der Waals surface area contributed by atoms with Crippen LogP contribution in [0.15, 0.2) is 24.3 Å². The SMILES string of the molecule is CC(=O)c1ccc(OCc2n[nH]c(C)n2)cc1. The molecule has 0 saturated heterocycles. The molecular formula is C12H13N3O2. The lowest BCUT2D eigenvalue weighted by atomic mass is 10.1. The average Bonchev–Trinajstić information content (AvgIpc) is 2.73. The number of nitrogens with one attached hydrogen (secondary N) is 1. The molecule has 0 spiro atoms. The van der Waals surface area contributed by atoms with E-state index in [1.54, 1.807) is 24.3 Å².